The van der Waals surface area contributed by atoms with E-state index in [-0.39, 0.29) is 21.8 Å². The predicted molar refractivity (Wildman–Crippen MR) is 154 cm³/mol. The molecule has 0 amide bonds. The van der Waals surface area contributed by atoms with Gasteiger partial charge in [-0.2, -0.15) is 4.57 Å². The van der Waals surface area contributed by atoms with Crippen LogP contribution in [0.5, 0.6) is 0 Å². The lowest BCUT2D eigenvalue weighted by Crippen LogP contribution is -2.68. The maximum absolute atomic E-state index is 4.46. The number of hydrogen-bond donors (Lipinski definition) is 0. The zero-order valence-electron chi connectivity index (χ0n) is 23.5. The van der Waals surface area contributed by atoms with Gasteiger partial charge < -0.3 is 0 Å². The van der Waals surface area contributed by atoms with Crippen molar-refractivity contribution in [1.82, 2.24) is 0 Å². The molecule has 1 aliphatic carbocycles. The van der Waals surface area contributed by atoms with Gasteiger partial charge in [0, 0.05) is 18.6 Å². The highest BCUT2D eigenvalue weighted by atomic mass is 15.1. The van der Waals surface area contributed by atoms with Gasteiger partial charge in [0.1, 0.15) is 0 Å². The summed E-state index contributed by atoms with van der Waals surface area (Å²) >= 11 is 0. The minimum atomic E-state index is -0.183. The molecule has 0 bridgehead atoms. The normalized spacial score (nSPS) is 25.8. The highest BCUT2D eigenvalue weighted by Crippen LogP contribution is 2.54. The summed E-state index contributed by atoms with van der Waals surface area (Å²) in [6.45, 7) is 21.5. The smallest absolute Gasteiger partial charge is 0.188 e. The fourth-order valence-corrected chi connectivity index (χ4v) is 7.52. The highest BCUT2D eigenvalue weighted by molar-refractivity contribution is 5.74. The molecule has 2 heterocycles. The highest BCUT2D eigenvalue weighted by Gasteiger charge is 2.58. The number of pyridine rings is 1. The van der Waals surface area contributed by atoms with E-state index in [0.29, 0.717) is 0 Å². The van der Waals surface area contributed by atoms with Crippen molar-refractivity contribution in [1.29, 1.82) is 0 Å². The number of rotatable bonds is 4. The van der Waals surface area contributed by atoms with Gasteiger partial charge in [-0.25, -0.2) is 0 Å². The molecule has 0 saturated heterocycles. The Balaban J connectivity index is 1.91. The number of hydrogen-bond acceptors (Lipinski definition) is 0. The molecule has 0 spiro atoms. The number of benzene rings is 2. The van der Waals surface area contributed by atoms with Crippen LogP contribution in [0.3, 0.4) is 0 Å². The zero-order chi connectivity index (χ0) is 25.9. The van der Waals surface area contributed by atoms with Gasteiger partial charge in [-0.1, -0.05) is 90.9 Å². The molecule has 1 aliphatic heterocycles. The quantitative estimate of drug-likeness (QED) is 0.200. The molecule has 3 aromatic rings. The zero-order valence-corrected chi connectivity index (χ0v) is 23.5. The van der Waals surface area contributed by atoms with E-state index in [1.165, 1.54) is 47.2 Å². The first kappa shape index (κ1) is 25.0. The predicted octanol–water partition coefficient (Wildman–Crippen LogP) is 9.02. The molecule has 2 aliphatic rings. The van der Waals surface area contributed by atoms with Crippen LogP contribution in [0.25, 0.3) is 22.4 Å². The van der Waals surface area contributed by atoms with Gasteiger partial charge in [0.15, 0.2) is 11.7 Å². The Morgan fingerprint density at radius 1 is 0.778 bits per heavy atom. The van der Waals surface area contributed by atoms with Crippen LogP contribution >= 0.6 is 0 Å². The van der Waals surface area contributed by atoms with E-state index in [1.807, 2.05) is 0 Å². The van der Waals surface area contributed by atoms with Crippen LogP contribution in [0, 0.1) is 0 Å². The molecular formula is C35H44N+. The summed E-state index contributed by atoms with van der Waals surface area (Å²) in [4.78, 5) is 0. The van der Waals surface area contributed by atoms with Crippen molar-refractivity contribution in [3.8, 4) is 22.4 Å². The average molecular weight is 479 g/mol. The fourth-order valence-electron chi connectivity index (χ4n) is 7.52. The molecule has 1 nitrogen and oxygen atoms in total. The summed E-state index contributed by atoms with van der Waals surface area (Å²) in [6, 6.07) is 20.7. The molecule has 5 rings (SSSR count). The summed E-state index contributed by atoms with van der Waals surface area (Å²) in [7, 11) is 0. The largest absolute Gasteiger partial charge is 0.214 e. The Hall–Kier alpha value is -2.67. The second-order valence-corrected chi connectivity index (χ2v) is 12.8. The fraction of sp³-hybridized carbons (Fsp3) is 0.457. The van der Waals surface area contributed by atoms with Gasteiger partial charge in [-0.05, 0) is 77.0 Å². The van der Waals surface area contributed by atoms with Crippen molar-refractivity contribution >= 4 is 0 Å². The monoisotopic (exact) mass is 478 g/mol. The van der Waals surface area contributed by atoms with Crippen molar-refractivity contribution in [2.75, 3.05) is 0 Å². The van der Waals surface area contributed by atoms with Gasteiger partial charge in [-0.15, -0.1) is 0 Å². The van der Waals surface area contributed by atoms with Gasteiger partial charge in [-0.3, -0.25) is 0 Å². The Kier molecular flexibility index (Phi) is 5.86. The number of nitrogens with zero attached hydrogens (tertiary/aromatic N) is 1. The lowest BCUT2D eigenvalue weighted by atomic mass is 9.58. The molecule has 0 fully saturated rings. The van der Waals surface area contributed by atoms with Crippen LogP contribution in [0.2, 0.25) is 0 Å². The van der Waals surface area contributed by atoms with E-state index in [4.69, 9.17) is 0 Å². The maximum Gasteiger partial charge on any atom is 0.214 e. The van der Waals surface area contributed by atoms with Crippen molar-refractivity contribution in [3.63, 3.8) is 0 Å². The molecule has 2 aromatic carbocycles. The lowest BCUT2D eigenvalue weighted by molar-refractivity contribution is -0.756. The second-order valence-electron chi connectivity index (χ2n) is 12.8. The topological polar surface area (TPSA) is 3.88 Å². The summed E-state index contributed by atoms with van der Waals surface area (Å²) in [5, 5.41) is 0. The third-order valence-corrected chi connectivity index (χ3v) is 10.1. The van der Waals surface area contributed by atoms with Crippen molar-refractivity contribution in [2.45, 2.75) is 102 Å². The standard InChI is InChI=1S/C35H44N/c1-9-34(8)28-24-30-29(32(4,5)19-15-20-33(30,6)7)23-27(28)31-22-26(25-16-13-12-14-17-25)18-21-36(31)35(34,10-2)11-3/h10,12-14,16-18,21-24H,2,9,11,15,19-20H2,1,3-8H3/q+1. The first-order valence-corrected chi connectivity index (χ1v) is 14.0. The Morgan fingerprint density at radius 2 is 1.42 bits per heavy atom. The average Bonchev–Trinajstić information content (AvgIpc) is 2.97. The Morgan fingerprint density at radius 3 is 2.00 bits per heavy atom. The Bertz CT molecular complexity index is 1310. The first-order valence-electron chi connectivity index (χ1n) is 14.0. The summed E-state index contributed by atoms with van der Waals surface area (Å²) < 4.78 is 2.56. The van der Waals surface area contributed by atoms with Gasteiger partial charge in [0.2, 0.25) is 5.69 Å². The molecule has 0 saturated carbocycles. The molecule has 0 radical (unpaired) electrons. The molecule has 2 unspecified atom stereocenters. The molecule has 1 aromatic heterocycles. The molecular weight excluding hydrogens is 434 g/mol. The SMILES string of the molecule is C=CC1(CC)[n+]2ccc(-c3ccccc3)cc2-c2cc3c(cc2C1(C)CC)C(C)(C)CCCC3(C)C. The number of allylic oxidation sites excluding steroid dienone is 1. The van der Waals surface area contributed by atoms with E-state index in [1.54, 1.807) is 11.1 Å². The van der Waals surface area contributed by atoms with Crippen LogP contribution in [-0.2, 0) is 21.8 Å². The third kappa shape index (κ3) is 3.38. The van der Waals surface area contributed by atoms with Crippen LogP contribution in [0.4, 0.5) is 0 Å². The molecule has 1 heteroatoms. The van der Waals surface area contributed by atoms with Gasteiger partial charge >= 0.3 is 0 Å². The summed E-state index contributed by atoms with van der Waals surface area (Å²) in [5.41, 5.74) is 9.99. The van der Waals surface area contributed by atoms with E-state index in [9.17, 15) is 0 Å². The lowest BCUT2D eigenvalue weighted by Gasteiger charge is -2.47. The van der Waals surface area contributed by atoms with Crippen LogP contribution < -0.4 is 4.57 Å². The molecule has 2 atom stereocenters. The third-order valence-electron chi connectivity index (χ3n) is 10.1. The molecule has 188 valence electrons. The first-order chi connectivity index (χ1) is 17.0. The van der Waals surface area contributed by atoms with E-state index in [0.717, 1.165) is 12.8 Å². The Labute approximate surface area is 219 Å². The van der Waals surface area contributed by atoms with Gasteiger partial charge in [0.05, 0.1) is 11.0 Å². The van der Waals surface area contributed by atoms with Crippen LogP contribution in [-0.4, -0.2) is 0 Å². The minimum Gasteiger partial charge on any atom is -0.188 e. The van der Waals surface area contributed by atoms with Gasteiger partial charge in [0.25, 0.3) is 0 Å². The minimum absolute atomic E-state index is 0.0493. The summed E-state index contributed by atoms with van der Waals surface area (Å²) in [6.07, 6.45) is 10.4. The van der Waals surface area contributed by atoms with E-state index < -0.39 is 0 Å². The molecule has 0 N–H and O–H groups in total. The number of fused-ring (bicyclic) bond motifs is 4. The van der Waals surface area contributed by atoms with Crippen molar-refractivity contribution in [2.24, 2.45) is 0 Å². The summed E-state index contributed by atoms with van der Waals surface area (Å²) in [5.74, 6) is 0. The maximum atomic E-state index is 4.46. The van der Waals surface area contributed by atoms with Crippen molar-refractivity contribution in [3.05, 3.63) is 90.1 Å². The number of aromatic nitrogens is 1. The van der Waals surface area contributed by atoms with Crippen molar-refractivity contribution < 1.29 is 4.57 Å². The van der Waals surface area contributed by atoms with Crippen LogP contribution in [0.15, 0.2) is 73.4 Å². The van der Waals surface area contributed by atoms with Crippen LogP contribution in [0.1, 0.15) is 97.3 Å². The van der Waals surface area contributed by atoms with E-state index in [2.05, 4.69) is 126 Å². The van der Waals surface area contributed by atoms with E-state index >= 15 is 0 Å². The molecule has 36 heavy (non-hydrogen) atoms. The second kappa shape index (κ2) is 8.44.